The van der Waals surface area contributed by atoms with Crippen molar-refractivity contribution in [2.45, 2.75) is 39.5 Å². The molecule has 14 heavy (non-hydrogen) atoms. The molecule has 0 aliphatic carbocycles. The Labute approximate surface area is 86.6 Å². The van der Waals surface area contributed by atoms with E-state index in [2.05, 4.69) is 13.0 Å². The number of hydrogen-bond donors (Lipinski definition) is 0. The quantitative estimate of drug-likeness (QED) is 0.270. The smallest absolute Gasteiger partial charge is 0.330 e. The van der Waals surface area contributed by atoms with Crippen LogP contribution in [0.1, 0.15) is 39.5 Å². The third-order valence-corrected chi connectivity index (χ3v) is 1.74. The fourth-order valence-corrected chi connectivity index (χ4v) is 1.01. The van der Waals surface area contributed by atoms with Gasteiger partial charge in [-0.1, -0.05) is 38.0 Å². The first-order valence-electron chi connectivity index (χ1n) is 5.31. The average molecular weight is 196 g/mol. The summed E-state index contributed by atoms with van der Waals surface area (Å²) in [5, 5.41) is 0. The topological polar surface area (TPSA) is 26.3 Å². The van der Waals surface area contributed by atoms with E-state index in [-0.39, 0.29) is 5.97 Å². The summed E-state index contributed by atoms with van der Waals surface area (Å²) in [4.78, 5) is 10.8. The first-order chi connectivity index (χ1) is 6.81. The highest BCUT2D eigenvalue weighted by Crippen LogP contribution is 1.99. The molecule has 0 atom stereocenters. The predicted octanol–water partition coefficient (Wildman–Crippen LogP) is 3.24. The van der Waals surface area contributed by atoms with Gasteiger partial charge in [0.25, 0.3) is 0 Å². The maximum absolute atomic E-state index is 10.8. The van der Waals surface area contributed by atoms with E-state index in [1.807, 2.05) is 6.08 Å². The molecule has 80 valence electrons. The molecule has 0 aliphatic rings. The van der Waals surface area contributed by atoms with Crippen molar-refractivity contribution in [1.82, 2.24) is 0 Å². The molecule has 0 radical (unpaired) electrons. The SMILES string of the molecule is CCCCC/C=C\C=C/C(=O)OCC. The molecule has 0 saturated heterocycles. The summed E-state index contributed by atoms with van der Waals surface area (Å²) in [6.07, 6.45) is 12.0. The van der Waals surface area contributed by atoms with Crippen LogP contribution in [-0.2, 0) is 9.53 Å². The number of ether oxygens (including phenoxy) is 1. The Bertz CT molecular complexity index is 192. The molecule has 2 heteroatoms. The summed E-state index contributed by atoms with van der Waals surface area (Å²) in [7, 11) is 0. The van der Waals surface area contributed by atoms with E-state index in [4.69, 9.17) is 4.74 Å². The number of carbonyl (C=O) groups excluding carboxylic acids is 1. The molecule has 0 heterocycles. The fraction of sp³-hybridized carbons (Fsp3) is 0.583. The lowest BCUT2D eigenvalue weighted by Crippen LogP contribution is -1.98. The van der Waals surface area contributed by atoms with Crippen molar-refractivity contribution in [2.24, 2.45) is 0 Å². The molecule has 0 aromatic carbocycles. The van der Waals surface area contributed by atoms with E-state index < -0.39 is 0 Å². The first kappa shape index (κ1) is 12.9. The fourth-order valence-electron chi connectivity index (χ4n) is 1.01. The van der Waals surface area contributed by atoms with Gasteiger partial charge >= 0.3 is 5.97 Å². The third kappa shape index (κ3) is 9.04. The largest absolute Gasteiger partial charge is 0.463 e. The molecular formula is C12H20O2. The van der Waals surface area contributed by atoms with E-state index >= 15 is 0 Å². The Morgan fingerprint density at radius 1 is 1.21 bits per heavy atom. The van der Waals surface area contributed by atoms with Crippen LogP contribution in [0.2, 0.25) is 0 Å². The zero-order valence-electron chi connectivity index (χ0n) is 9.16. The summed E-state index contributed by atoms with van der Waals surface area (Å²) in [6, 6.07) is 0. The highest BCUT2D eigenvalue weighted by molar-refractivity contribution is 5.82. The third-order valence-electron chi connectivity index (χ3n) is 1.74. The zero-order chi connectivity index (χ0) is 10.6. The van der Waals surface area contributed by atoms with Crippen molar-refractivity contribution < 1.29 is 9.53 Å². The first-order valence-corrected chi connectivity index (χ1v) is 5.31. The lowest BCUT2D eigenvalue weighted by molar-refractivity contribution is -0.137. The van der Waals surface area contributed by atoms with Crippen LogP contribution in [-0.4, -0.2) is 12.6 Å². The second-order valence-corrected chi connectivity index (χ2v) is 3.04. The standard InChI is InChI=1S/C12H20O2/c1-3-5-6-7-8-9-10-11-12(13)14-4-2/h8-11H,3-7H2,1-2H3/b9-8-,11-10-. The summed E-state index contributed by atoms with van der Waals surface area (Å²) in [5.74, 6) is -0.272. The van der Waals surface area contributed by atoms with Crippen molar-refractivity contribution in [3.63, 3.8) is 0 Å². The number of allylic oxidation sites excluding steroid dienone is 3. The van der Waals surface area contributed by atoms with Gasteiger partial charge in [-0.2, -0.15) is 0 Å². The molecule has 0 aliphatic heterocycles. The molecule has 0 bridgehead atoms. The minimum Gasteiger partial charge on any atom is -0.463 e. The van der Waals surface area contributed by atoms with Crippen LogP contribution in [0.25, 0.3) is 0 Å². The Morgan fingerprint density at radius 2 is 2.00 bits per heavy atom. The number of hydrogen-bond acceptors (Lipinski definition) is 2. The molecule has 0 saturated carbocycles. The van der Waals surface area contributed by atoms with Crippen molar-refractivity contribution >= 4 is 5.97 Å². The molecule has 0 N–H and O–H groups in total. The van der Waals surface area contributed by atoms with Crippen LogP contribution >= 0.6 is 0 Å². The number of unbranched alkanes of at least 4 members (excludes halogenated alkanes) is 3. The molecule has 0 spiro atoms. The van der Waals surface area contributed by atoms with Crippen LogP contribution in [0.5, 0.6) is 0 Å². The van der Waals surface area contributed by atoms with Gasteiger partial charge in [0.15, 0.2) is 0 Å². The Morgan fingerprint density at radius 3 is 2.64 bits per heavy atom. The summed E-state index contributed by atoms with van der Waals surface area (Å²) >= 11 is 0. The van der Waals surface area contributed by atoms with Gasteiger partial charge in [-0.3, -0.25) is 0 Å². The van der Waals surface area contributed by atoms with Gasteiger partial charge < -0.3 is 4.74 Å². The molecule has 0 rings (SSSR count). The van der Waals surface area contributed by atoms with Crippen molar-refractivity contribution in [3.8, 4) is 0 Å². The van der Waals surface area contributed by atoms with Crippen molar-refractivity contribution in [1.29, 1.82) is 0 Å². The molecular weight excluding hydrogens is 176 g/mol. The van der Waals surface area contributed by atoms with Gasteiger partial charge in [0.2, 0.25) is 0 Å². The number of rotatable bonds is 7. The van der Waals surface area contributed by atoms with E-state index in [1.165, 1.54) is 25.3 Å². The summed E-state index contributed by atoms with van der Waals surface area (Å²) in [5.41, 5.74) is 0. The second kappa shape index (κ2) is 10.0. The van der Waals surface area contributed by atoms with E-state index in [1.54, 1.807) is 13.0 Å². The van der Waals surface area contributed by atoms with Gasteiger partial charge in [-0.25, -0.2) is 4.79 Å². The van der Waals surface area contributed by atoms with Crippen LogP contribution in [0.3, 0.4) is 0 Å². The average Bonchev–Trinajstić information content (AvgIpc) is 2.17. The Hall–Kier alpha value is -1.05. The van der Waals surface area contributed by atoms with Crippen LogP contribution < -0.4 is 0 Å². The monoisotopic (exact) mass is 196 g/mol. The lowest BCUT2D eigenvalue weighted by Gasteiger charge is -1.92. The van der Waals surface area contributed by atoms with E-state index in [0.717, 1.165) is 6.42 Å². The highest BCUT2D eigenvalue weighted by atomic mass is 16.5. The molecule has 0 amide bonds. The van der Waals surface area contributed by atoms with Gasteiger partial charge in [-0.05, 0) is 19.8 Å². The number of carbonyl (C=O) groups is 1. The minimum atomic E-state index is -0.272. The van der Waals surface area contributed by atoms with Crippen LogP contribution in [0.4, 0.5) is 0 Å². The number of esters is 1. The molecule has 0 aromatic rings. The zero-order valence-corrected chi connectivity index (χ0v) is 9.16. The highest BCUT2D eigenvalue weighted by Gasteiger charge is 1.89. The molecule has 0 unspecified atom stereocenters. The van der Waals surface area contributed by atoms with Gasteiger partial charge in [0.05, 0.1) is 6.61 Å². The maximum atomic E-state index is 10.8. The van der Waals surface area contributed by atoms with Gasteiger partial charge in [0.1, 0.15) is 0 Å². The van der Waals surface area contributed by atoms with E-state index in [0.29, 0.717) is 6.61 Å². The Balaban J connectivity index is 3.45. The Kier molecular flexibility index (Phi) is 9.28. The maximum Gasteiger partial charge on any atom is 0.330 e. The summed E-state index contributed by atoms with van der Waals surface area (Å²) < 4.78 is 4.73. The van der Waals surface area contributed by atoms with Crippen LogP contribution in [0.15, 0.2) is 24.3 Å². The van der Waals surface area contributed by atoms with Crippen LogP contribution in [0, 0.1) is 0 Å². The minimum absolute atomic E-state index is 0.272. The van der Waals surface area contributed by atoms with Gasteiger partial charge in [-0.15, -0.1) is 0 Å². The normalized spacial score (nSPS) is 11.3. The molecule has 2 nitrogen and oxygen atoms in total. The molecule has 0 aromatic heterocycles. The van der Waals surface area contributed by atoms with Crippen molar-refractivity contribution in [2.75, 3.05) is 6.61 Å². The second-order valence-electron chi connectivity index (χ2n) is 3.04. The van der Waals surface area contributed by atoms with E-state index in [9.17, 15) is 4.79 Å². The summed E-state index contributed by atoms with van der Waals surface area (Å²) in [6.45, 7) is 4.42. The van der Waals surface area contributed by atoms with Gasteiger partial charge in [0, 0.05) is 6.08 Å². The van der Waals surface area contributed by atoms with Crippen molar-refractivity contribution in [3.05, 3.63) is 24.3 Å². The predicted molar refractivity (Wildman–Crippen MR) is 59.1 cm³/mol. The lowest BCUT2D eigenvalue weighted by atomic mass is 10.2. The molecule has 0 fully saturated rings.